The Kier molecular flexibility index (Phi) is 4.11. The fraction of sp³-hybridized carbons (Fsp3) is 0.647. The summed E-state index contributed by atoms with van der Waals surface area (Å²) in [4.78, 5) is 25.9. The van der Waals surface area contributed by atoms with Crippen molar-refractivity contribution < 1.29 is 23.8 Å². The highest BCUT2D eigenvalue weighted by Gasteiger charge is 2.61. The van der Waals surface area contributed by atoms with Gasteiger partial charge in [-0.3, -0.25) is 9.59 Å². The van der Waals surface area contributed by atoms with Crippen LogP contribution in [0, 0.1) is 10.8 Å². The van der Waals surface area contributed by atoms with Gasteiger partial charge < -0.3 is 14.2 Å². The van der Waals surface area contributed by atoms with Crippen LogP contribution in [-0.4, -0.2) is 32.9 Å². The molecule has 0 saturated carbocycles. The largest absolute Gasteiger partial charge is 0.500 e. The van der Waals surface area contributed by atoms with Crippen molar-refractivity contribution >= 4 is 11.6 Å². The van der Waals surface area contributed by atoms with Crippen molar-refractivity contribution in [3.8, 4) is 0 Å². The molecule has 0 atom stereocenters. The molecular formula is C17H24O5. The van der Waals surface area contributed by atoms with E-state index in [0.717, 1.165) is 18.4 Å². The fourth-order valence-corrected chi connectivity index (χ4v) is 3.53. The summed E-state index contributed by atoms with van der Waals surface area (Å²) < 4.78 is 15.9. The summed E-state index contributed by atoms with van der Waals surface area (Å²) >= 11 is 0. The number of ketones is 2. The van der Waals surface area contributed by atoms with Crippen molar-refractivity contribution in [1.29, 1.82) is 0 Å². The Balaban J connectivity index is 2.69. The number of hydrogen-bond donors (Lipinski definition) is 0. The molecule has 2 aliphatic rings. The third-order valence-corrected chi connectivity index (χ3v) is 4.55. The lowest BCUT2D eigenvalue weighted by Crippen LogP contribution is -2.42. The SMILES string of the molecule is COC1=C(OC)C(=O)C2(CCCC(C(C)(C)C)=C2OC)C1=O. The molecule has 1 spiro atoms. The van der Waals surface area contributed by atoms with E-state index in [4.69, 9.17) is 14.2 Å². The summed E-state index contributed by atoms with van der Waals surface area (Å²) in [5.74, 6) is -0.234. The van der Waals surface area contributed by atoms with Crippen LogP contribution in [0.3, 0.4) is 0 Å². The Morgan fingerprint density at radius 2 is 1.41 bits per heavy atom. The van der Waals surface area contributed by atoms with E-state index < -0.39 is 5.41 Å². The van der Waals surface area contributed by atoms with Gasteiger partial charge in [0.25, 0.3) is 0 Å². The van der Waals surface area contributed by atoms with E-state index in [1.54, 1.807) is 0 Å². The van der Waals surface area contributed by atoms with Crippen LogP contribution in [0.25, 0.3) is 0 Å². The predicted octanol–water partition coefficient (Wildman–Crippen LogP) is 2.76. The van der Waals surface area contributed by atoms with Gasteiger partial charge in [0, 0.05) is 0 Å². The van der Waals surface area contributed by atoms with E-state index in [1.165, 1.54) is 21.3 Å². The zero-order chi connectivity index (χ0) is 16.7. The average molecular weight is 308 g/mol. The molecular weight excluding hydrogens is 284 g/mol. The van der Waals surface area contributed by atoms with Crippen molar-refractivity contribution in [2.75, 3.05) is 21.3 Å². The monoisotopic (exact) mass is 308 g/mol. The summed E-state index contributed by atoms with van der Waals surface area (Å²) in [5.41, 5.74) is -0.481. The number of carbonyl (C=O) groups is 2. The van der Waals surface area contributed by atoms with Gasteiger partial charge in [-0.15, -0.1) is 0 Å². The number of rotatable bonds is 3. The van der Waals surface area contributed by atoms with Crippen molar-refractivity contribution in [1.82, 2.24) is 0 Å². The van der Waals surface area contributed by atoms with Crippen molar-refractivity contribution in [3.63, 3.8) is 0 Å². The maximum absolute atomic E-state index is 12.9. The number of methoxy groups -OCH3 is 3. The first-order valence-corrected chi connectivity index (χ1v) is 7.45. The molecule has 0 radical (unpaired) electrons. The molecule has 0 aromatic carbocycles. The van der Waals surface area contributed by atoms with Crippen molar-refractivity contribution in [2.24, 2.45) is 10.8 Å². The maximum Gasteiger partial charge on any atom is 0.223 e. The Hall–Kier alpha value is -1.78. The lowest BCUT2D eigenvalue weighted by atomic mass is 9.66. The van der Waals surface area contributed by atoms with Gasteiger partial charge in [-0.05, 0) is 30.3 Å². The summed E-state index contributed by atoms with van der Waals surface area (Å²) in [6.07, 6.45) is 2.00. The van der Waals surface area contributed by atoms with Crippen LogP contribution < -0.4 is 0 Å². The van der Waals surface area contributed by atoms with E-state index in [2.05, 4.69) is 20.8 Å². The van der Waals surface area contributed by atoms with Gasteiger partial charge in [0.1, 0.15) is 5.76 Å². The van der Waals surface area contributed by atoms with Crippen LogP contribution in [0.1, 0.15) is 40.0 Å². The Morgan fingerprint density at radius 3 is 1.77 bits per heavy atom. The van der Waals surface area contributed by atoms with Crippen LogP contribution in [0.2, 0.25) is 0 Å². The zero-order valence-electron chi connectivity index (χ0n) is 14.2. The molecule has 0 aromatic rings. The molecule has 0 aromatic heterocycles. The van der Waals surface area contributed by atoms with Crippen LogP contribution in [0.4, 0.5) is 0 Å². The maximum atomic E-state index is 12.9. The van der Waals surface area contributed by atoms with Crippen LogP contribution >= 0.6 is 0 Å². The number of hydrogen-bond acceptors (Lipinski definition) is 5. The van der Waals surface area contributed by atoms with E-state index in [-0.39, 0.29) is 28.5 Å². The summed E-state index contributed by atoms with van der Waals surface area (Å²) in [6.45, 7) is 6.19. The minimum atomic E-state index is -1.31. The first kappa shape index (κ1) is 16.6. The number of carbonyl (C=O) groups excluding carboxylic acids is 2. The second-order valence-electron chi connectivity index (χ2n) is 6.75. The molecule has 0 saturated heterocycles. The van der Waals surface area contributed by atoms with E-state index in [0.29, 0.717) is 12.2 Å². The first-order chi connectivity index (χ1) is 10.3. The molecule has 0 heterocycles. The first-order valence-electron chi connectivity index (χ1n) is 7.45. The summed E-state index contributed by atoms with van der Waals surface area (Å²) in [6, 6.07) is 0. The number of ether oxygens (including phenoxy) is 3. The molecule has 0 N–H and O–H groups in total. The van der Waals surface area contributed by atoms with E-state index >= 15 is 0 Å². The summed E-state index contributed by atoms with van der Waals surface area (Å²) in [7, 11) is 4.27. The second-order valence-corrected chi connectivity index (χ2v) is 6.75. The lowest BCUT2D eigenvalue weighted by Gasteiger charge is -2.38. The predicted molar refractivity (Wildman–Crippen MR) is 80.8 cm³/mol. The van der Waals surface area contributed by atoms with Gasteiger partial charge in [-0.2, -0.15) is 0 Å². The standard InChI is InChI=1S/C17H24O5/c1-16(2,3)10-8-7-9-17(15(10)22-6)13(18)11(20-4)12(21-5)14(17)19/h7-9H2,1-6H3. The molecule has 0 fully saturated rings. The molecule has 0 aliphatic heterocycles. The van der Waals surface area contributed by atoms with E-state index in [9.17, 15) is 9.59 Å². The highest BCUT2D eigenvalue weighted by molar-refractivity contribution is 6.28. The normalized spacial score (nSPS) is 21.7. The van der Waals surface area contributed by atoms with Gasteiger partial charge >= 0.3 is 0 Å². The fourth-order valence-electron chi connectivity index (χ4n) is 3.53. The summed E-state index contributed by atoms with van der Waals surface area (Å²) in [5, 5.41) is 0. The minimum absolute atomic E-state index is 0.00258. The molecule has 5 heteroatoms. The Labute approximate surface area is 131 Å². The van der Waals surface area contributed by atoms with Crippen LogP contribution in [-0.2, 0) is 23.8 Å². The van der Waals surface area contributed by atoms with Crippen molar-refractivity contribution in [2.45, 2.75) is 40.0 Å². The minimum Gasteiger partial charge on any atom is -0.500 e. The molecule has 0 unspecified atom stereocenters. The quantitative estimate of drug-likeness (QED) is 0.750. The van der Waals surface area contributed by atoms with E-state index in [1.807, 2.05) is 0 Å². The highest BCUT2D eigenvalue weighted by Crippen LogP contribution is 2.52. The molecule has 122 valence electrons. The number of allylic oxidation sites excluding steroid dienone is 4. The van der Waals surface area contributed by atoms with Crippen LogP contribution in [0.15, 0.2) is 22.9 Å². The van der Waals surface area contributed by atoms with Gasteiger partial charge in [-0.25, -0.2) is 0 Å². The molecule has 0 amide bonds. The van der Waals surface area contributed by atoms with Gasteiger partial charge in [0.2, 0.25) is 23.1 Å². The Morgan fingerprint density at radius 1 is 0.909 bits per heavy atom. The van der Waals surface area contributed by atoms with Gasteiger partial charge in [0.05, 0.1) is 21.3 Å². The number of Topliss-reactive ketones (excluding diaryl/α,β-unsaturated/α-hetero) is 2. The molecule has 5 nitrogen and oxygen atoms in total. The molecule has 2 aliphatic carbocycles. The zero-order valence-corrected chi connectivity index (χ0v) is 14.2. The molecule has 22 heavy (non-hydrogen) atoms. The second kappa shape index (κ2) is 5.45. The molecule has 2 rings (SSSR count). The van der Waals surface area contributed by atoms with Gasteiger partial charge in [0.15, 0.2) is 5.41 Å². The third-order valence-electron chi connectivity index (χ3n) is 4.55. The average Bonchev–Trinajstić information content (AvgIpc) is 2.67. The van der Waals surface area contributed by atoms with Crippen LogP contribution in [0.5, 0.6) is 0 Å². The molecule has 0 bridgehead atoms. The van der Waals surface area contributed by atoms with Gasteiger partial charge in [-0.1, -0.05) is 20.8 Å². The third kappa shape index (κ3) is 2.06. The van der Waals surface area contributed by atoms with Crippen molar-refractivity contribution in [3.05, 3.63) is 22.9 Å². The Bertz CT molecular complexity index is 548. The smallest absolute Gasteiger partial charge is 0.223 e. The lowest BCUT2D eigenvalue weighted by molar-refractivity contribution is -0.137. The highest BCUT2D eigenvalue weighted by atomic mass is 16.5. The topological polar surface area (TPSA) is 61.8 Å².